The Bertz CT molecular complexity index is 2170. The zero-order valence-corrected chi connectivity index (χ0v) is 25.2. The molecule has 0 unspecified atom stereocenters. The quantitative estimate of drug-likeness (QED) is 0.150. The number of para-hydroxylation sites is 2. The number of fused-ring (bicyclic) bond motifs is 3. The molecule has 2 nitrogen and oxygen atoms in total. The molecule has 0 aliphatic rings. The molecule has 0 atom stereocenters. The highest BCUT2D eigenvalue weighted by molar-refractivity contribution is 7.20. The molecule has 0 spiro atoms. The highest BCUT2D eigenvalue weighted by atomic mass is 28.3. The highest BCUT2D eigenvalue weighted by Gasteiger charge is 2.44. The Morgan fingerprint density at radius 3 is 1.68 bits per heavy atom. The summed E-state index contributed by atoms with van der Waals surface area (Å²) in [6.07, 6.45) is 1.97. The molecule has 0 radical (unpaired) electrons. The van der Waals surface area contributed by atoms with Gasteiger partial charge < -0.3 is 4.57 Å². The molecule has 6 aromatic carbocycles. The van der Waals surface area contributed by atoms with Crippen molar-refractivity contribution >= 4 is 50.8 Å². The summed E-state index contributed by atoms with van der Waals surface area (Å²) in [5.74, 6) is 0. The van der Waals surface area contributed by atoms with Gasteiger partial charge in [-0.3, -0.25) is 4.98 Å². The summed E-state index contributed by atoms with van der Waals surface area (Å²) in [6.45, 7) is 0. The third kappa shape index (κ3) is 4.13. The van der Waals surface area contributed by atoms with Crippen molar-refractivity contribution in [3.05, 3.63) is 182 Å². The summed E-state index contributed by atoms with van der Waals surface area (Å²) in [5.41, 5.74) is 5.94. The first-order chi connectivity index (χ1) is 21.9. The number of aromatic nitrogens is 2. The van der Waals surface area contributed by atoms with Gasteiger partial charge in [0, 0.05) is 28.0 Å². The fraction of sp³-hybridized carbons (Fsp3) is 0. The fourth-order valence-electron chi connectivity index (χ4n) is 6.90. The smallest absolute Gasteiger partial charge is 0.202 e. The Morgan fingerprint density at radius 1 is 0.432 bits per heavy atom. The average molecular weight is 579 g/mol. The molecule has 208 valence electrons. The zero-order chi connectivity index (χ0) is 29.3. The van der Waals surface area contributed by atoms with Gasteiger partial charge in [-0.25, -0.2) is 0 Å². The van der Waals surface area contributed by atoms with Gasteiger partial charge in [-0.15, -0.1) is 0 Å². The van der Waals surface area contributed by atoms with Gasteiger partial charge in [0.15, 0.2) is 0 Å². The maximum absolute atomic E-state index is 5.31. The summed E-state index contributed by atoms with van der Waals surface area (Å²) in [6, 6.07) is 63.8. The van der Waals surface area contributed by atoms with Gasteiger partial charge in [0.1, 0.15) is 0 Å². The Balaban J connectivity index is 1.52. The topological polar surface area (TPSA) is 17.8 Å². The van der Waals surface area contributed by atoms with Crippen LogP contribution in [0.5, 0.6) is 0 Å². The second-order valence-electron chi connectivity index (χ2n) is 11.2. The van der Waals surface area contributed by atoms with Crippen LogP contribution in [0, 0.1) is 0 Å². The van der Waals surface area contributed by atoms with Crippen LogP contribution in [0.2, 0.25) is 0 Å². The Hall–Kier alpha value is -5.51. The average Bonchev–Trinajstić information content (AvgIpc) is 3.44. The van der Waals surface area contributed by atoms with Crippen LogP contribution in [0.25, 0.3) is 38.6 Å². The standard InChI is InChI=1S/C41H30N2Si/c1-5-16-31(17-6-1)36-25-15-29-42-41(36)44(33-20-9-3-10-21-33,34-22-11-4-12-23-34)35-27-28-40-38(30-35)37-24-13-14-26-39(37)43(40)32-18-7-2-8-19-32/h1-30H. The summed E-state index contributed by atoms with van der Waals surface area (Å²) < 4.78 is 2.39. The third-order valence-corrected chi connectivity index (χ3v) is 13.5. The number of hydrogen-bond donors (Lipinski definition) is 0. The second-order valence-corrected chi connectivity index (χ2v) is 14.9. The van der Waals surface area contributed by atoms with Crippen LogP contribution in [0.3, 0.4) is 0 Å². The maximum Gasteiger partial charge on any atom is 0.202 e. The van der Waals surface area contributed by atoms with E-state index >= 15 is 0 Å². The molecule has 0 aliphatic carbocycles. The predicted molar refractivity (Wildman–Crippen MR) is 188 cm³/mol. The Morgan fingerprint density at radius 2 is 1.00 bits per heavy atom. The first-order valence-electron chi connectivity index (χ1n) is 15.1. The lowest BCUT2D eigenvalue weighted by Gasteiger charge is -2.34. The van der Waals surface area contributed by atoms with Gasteiger partial charge in [0.05, 0.1) is 11.0 Å². The minimum atomic E-state index is -2.92. The van der Waals surface area contributed by atoms with E-state index in [1.165, 1.54) is 48.5 Å². The number of hydrogen-bond acceptors (Lipinski definition) is 1. The summed E-state index contributed by atoms with van der Waals surface area (Å²) in [4.78, 5) is 5.31. The van der Waals surface area contributed by atoms with Crippen molar-refractivity contribution in [2.45, 2.75) is 0 Å². The van der Waals surface area contributed by atoms with Crippen LogP contribution in [-0.4, -0.2) is 17.6 Å². The van der Waals surface area contributed by atoms with Crippen LogP contribution >= 0.6 is 0 Å². The van der Waals surface area contributed by atoms with Gasteiger partial charge in [-0.1, -0.05) is 146 Å². The van der Waals surface area contributed by atoms with Crippen LogP contribution < -0.4 is 20.9 Å². The minimum absolute atomic E-state index is 1.15. The Kier molecular flexibility index (Phi) is 6.51. The number of nitrogens with zero attached hydrogens (tertiary/aromatic N) is 2. The molecular weight excluding hydrogens is 549 g/mol. The van der Waals surface area contributed by atoms with E-state index < -0.39 is 8.07 Å². The van der Waals surface area contributed by atoms with E-state index in [9.17, 15) is 0 Å². The lowest BCUT2D eigenvalue weighted by Crippen LogP contribution is -2.75. The van der Waals surface area contributed by atoms with Crippen LogP contribution in [0.4, 0.5) is 0 Å². The lowest BCUT2D eigenvalue weighted by molar-refractivity contribution is 1.18. The zero-order valence-electron chi connectivity index (χ0n) is 24.2. The SMILES string of the molecule is c1ccc(-c2cccnc2[Si](c2ccccc2)(c2ccccc2)c2ccc3c(c2)c2ccccc2n3-c2ccccc2)cc1. The molecule has 0 N–H and O–H groups in total. The van der Waals surface area contributed by atoms with Crippen molar-refractivity contribution in [2.75, 3.05) is 0 Å². The highest BCUT2D eigenvalue weighted by Crippen LogP contribution is 2.32. The molecule has 0 bridgehead atoms. The van der Waals surface area contributed by atoms with Crippen LogP contribution in [0.1, 0.15) is 0 Å². The third-order valence-electron chi connectivity index (χ3n) is 8.78. The molecule has 0 fully saturated rings. The van der Waals surface area contributed by atoms with E-state index in [2.05, 4.69) is 180 Å². The van der Waals surface area contributed by atoms with Gasteiger partial charge >= 0.3 is 0 Å². The van der Waals surface area contributed by atoms with Crippen molar-refractivity contribution in [3.63, 3.8) is 0 Å². The first kappa shape index (κ1) is 26.1. The van der Waals surface area contributed by atoms with Gasteiger partial charge in [-0.05, 0) is 57.0 Å². The van der Waals surface area contributed by atoms with Crippen molar-refractivity contribution in [3.8, 4) is 16.8 Å². The minimum Gasteiger partial charge on any atom is -0.309 e. The van der Waals surface area contributed by atoms with E-state index in [0.717, 1.165) is 11.0 Å². The van der Waals surface area contributed by atoms with E-state index in [0.29, 0.717) is 0 Å². The predicted octanol–water partition coefficient (Wildman–Crippen LogP) is 7.22. The molecule has 2 heterocycles. The van der Waals surface area contributed by atoms with Gasteiger partial charge in [0.25, 0.3) is 0 Å². The van der Waals surface area contributed by atoms with E-state index in [1.807, 2.05) is 6.20 Å². The molecule has 0 saturated heterocycles. The molecule has 2 aromatic heterocycles. The van der Waals surface area contributed by atoms with E-state index in [-0.39, 0.29) is 0 Å². The summed E-state index contributed by atoms with van der Waals surface area (Å²) in [5, 5.41) is 7.59. The maximum atomic E-state index is 5.31. The van der Waals surface area contributed by atoms with Gasteiger partial charge in [0.2, 0.25) is 8.07 Å². The largest absolute Gasteiger partial charge is 0.309 e. The van der Waals surface area contributed by atoms with E-state index in [4.69, 9.17) is 4.98 Å². The molecule has 0 saturated carbocycles. The van der Waals surface area contributed by atoms with Crippen molar-refractivity contribution < 1.29 is 0 Å². The number of pyridine rings is 1. The van der Waals surface area contributed by atoms with Crippen molar-refractivity contribution in [1.29, 1.82) is 0 Å². The fourth-order valence-corrected chi connectivity index (χ4v) is 11.7. The summed E-state index contributed by atoms with van der Waals surface area (Å²) >= 11 is 0. The monoisotopic (exact) mass is 578 g/mol. The normalized spacial score (nSPS) is 11.6. The number of rotatable bonds is 6. The first-order valence-corrected chi connectivity index (χ1v) is 17.1. The van der Waals surface area contributed by atoms with Crippen molar-refractivity contribution in [2.24, 2.45) is 0 Å². The van der Waals surface area contributed by atoms with Gasteiger partial charge in [-0.2, -0.15) is 0 Å². The molecule has 0 amide bonds. The molecule has 44 heavy (non-hydrogen) atoms. The van der Waals surface area contributed by atoms with E-state index in [1.54, 1.807) is 0 Å². The van der Waals surface area contributed by atoms with Crippen LogP contribution in [0.15, 0.2) is 182 Å². The van der Waals surface area contributed by atoms with Crippen molar-refractivity contribution in [1.82, 2.24) is 9.55 Å². The Labute approximate surface area is 258 Å². The molecule has 8 rings (SSSR count). The summed E-state index contributed by atoms with van der Waals surface area (Å²) in [7, 11) is -2.92. The molecular formula is C41H30N2Si. The lowest BCUT2D eigenvalue weighted by atomic mass is 10.1. The molecule has 8 aromatic rings. The van der Waals surface area contributed by atoms with Crippen LogP contribution in [-0.2, 0) is 0 Å². The molecule has 3 heteroatoms. The molecule has 0 aliphatic heterocycles. The number of benzene rings is 6. The second kappa shape index (κ2) is 11.0.